The number of aromatic nitrogens is 2. The molecule has 0 saturated carbocycles. The van der Waals surface area contributed by atoms with Gasteiger partial charge in [0.05, 0.1) is 21.9 Å². The fourth-order valence-corrected chi connectivity index (χ4v) is 8.27. The summed E-state index contributed by atoms with van der Waals surface area (Å²) in [6.45, 7) is 0. The van der Waals surface area contributed by atoms with Gasteiger partial charge in [-0.15, -0.1) is 0 Å². The maximum atomic E-state index is 6.67. The zero-order valence-electron chi connectivity index (χ0n) is 28.8. The number of rotatable bonds is 5. The first-order chi connectivity index (χ1) is 26.3. The lowest BCUT2D eigenvalue weighted by molar-refractivity contribution is 0.645. The molecule has 0 unspecified atom stereocenters. The van der Waals surface area contributed by atoms with Crippen LogP contribution in [0, 0.1) is 0 Å². The molecule has 0 aliphatic rings. The fourth-order valence-electron chi connectivity index (χ4n) is 8.27. The van der Waals surface area contributed by atoms with E-state index in [0.717, 1.165) is 50.1 Å². The van der Waals surface area contributed by atoms with Crippen LogP contribution >= 0.6 is 0 Å². The lowest BCUT2D eigenvalue weighted by Crippen LogP contribution is -1.92. The monoisotopic (exact) mass is 676 g/mol. The van der Waals surface area contributed by atoms with Crippen LogP contribution in [0.2, 0.25) is 0 Å². The van der Waals surface area contributed by atoms with E-state index < -0.39 is 0 Å². The second kappa shape index (κ2) is 11.7. The Kier molecular flexibility index (Phi) is 6.55. The molecule has 0 spiro atoms. The Morgan fingerprint density at radius 2 is 0.792 bits per heavy atom. The summed E-state index contributed by atoms with van der Waals surface area (Å²) in [4.78, 5) is 0. The summed E-state index contributed by atoms with van der Waals surface area (Å²) in [6.07, 6.45) is 0. The first-order valence-electron chi connectivity index (χ1n) is 18.1. The molecule has 248 valence electrons. The minimum Gasteiger partial charge on any atom is -0.439 e. The van der Waals surface area contributed by atoms with E-state index in [0.29, 0.717) is 0 Å². The van der Waals surface area contributed by atoms with Crippen LogP contribution in [0.5, 0.6) is 0 Å². The molecule has 0 atom stereocenters. The van der Waals surface area contributed by atoms with Gasteiger partial charge in [0, 0.05) is 32.9 Å². The maximum absolute atomic E-state index is 6.67. The van der Waals surface area contributed by atoms with E-state index in [-0.39, 0.29) is 0 Å². The van der Waals surface area contributed by atoms with Gasteiger partial charge in [0.15, 0.2) is 0 Å². The van der Waals surface area contributed by atoms with Gasteiger partial charge in [-0.25, -0.2) is 0 Å². The molecule has 0 aliphatic carbocycles. The van der Waals surface area contributed by atoms with Crippen LogP contribution in [0.4, 0.5) is 0 Å². The predicted molar refractivity (Wildman–Crippen MR) is 221 cm³/mol. The normalized spacial score (nSPS) is 11.8. The summed E-state index contributed by atoms with van der Waals surface area (Å²) >= 11 is 0. The Balaban J connectivity index is 1.12. The third-order valence-electron chi connectivity index (χ3n) is 10.7. The zero-order chi connectivity index (χ0) is 34.9. The lowest BCUT2D eigenvalue weighted by atomic mass is 9.92. The lowest BCUT2D eigenvalue weighted by Gasteiger charge is -2.12. The average molecular weight is 677 g/mol. The molecular formula is C50H32N2O. The van der Waals surface area contributed by atoms with Crippen LogP contribution in [0.15, 0.2) is 199 Å². The van der Waals surface area contributed by atoms with E-state index in [1.165, 1.54) is 49.4 Å². The SMILES string of the molecule is c1ccc(-c2cc(-c3ccc4oc5c(c4c3)c3ccccc3n5-c3ccccc3)cc(-c3ccc4c(c3)c3ccccc3n4-c3ccccc3)c2)cc1. The summed E-state index contributed by atoms with van der Waals surface area (Å²) in [6, 6.07) is 69.7. The molecule has 0 N–H and O–H groups in total. The van der Waals surface area contributed by atoms with Crippen LogP contribution in [0.1, 0.15) is 0 Å². The number of para-hydroxylation sites is 4. The van der Waals surface area contributed by atoms with E-state index in [1.807, 2.05) is 0 Å². The highest BCUT2D eigenvalue weighted by Crippen LogP contribution is 2.42. The molecule has 11 aromatic rings. The molecule has 0 fully saturated rings. The third kappa shape index (κ3) is 4.68. The van der Waals surface area contributed by atoms with Gasteiger partial charge in [-0.3, -0.25) is 4.57 Å². The van der Waals surface area contributed by atoms with Crippen molar-refractivity contribution in [2.45, 2.75) is 0 Å². The van der Waals surface area contributed by atoms with E-state index in [1.54, 1.807) is 0 Å². The largest absolute Gasteiger partial charge is 0.439 e. The molecule has 53 heavy (non-hydrogen) atoms. The van der Waals surface area contributed by atoms with Crippen molar-refractivity contribution in [1.82, 2.24) is 9.13 Å². The van der Waals surface area contributed by atoms with Crippen molar-refractivity contribution in [3.63, 3.8) is 0 Å². The number of benzene rings is 8. The standard InChI is InChI=1S/C50H32N2O/c1-4-14-33(15-5-1)36-28-37(34-24-26-47-43(31-34)41-20-10-12-22-45(41)51(47)39-16-6-2-7-17-39)30-38(29-36)35-25-27-48-44(32-35)49-42-21-11-13-23-46(42)52(50(49)53-48)40-18-8-3-9-19-40/h1-32H. The predicted octanol–water partition coefficient (Wildman–Crippen LogP) is 13.6. The molecule has 0 radical (unpaired) electrons. The Labute approximate surface area is 306 Å². The van der Waals surface area contributed by atoms with Gasteiger partial charge in [-0.1, -0.05) is 115 Å². The van der Waals surface area contributed by atoms with Crippen LogP contribution < -0.4 is 0 Å². The smallest absolute Gasteiger partial charge is 0.213 e. The van der Waals surface area contributed by atoms with Crippen molar-refractivity contribution < 1.29 is 4.42 Å². The van der Waals surface area contributed by atoms with Crippen LogP contribution in [0.3, 0.4) is 0 Å². The molecular weight excluding hydrogens is 645 g/mol. The zero-order valence-corrected chi connectivity index (χ0v) is 28.8. The van der Waals surface area contributed by atoms with Crippen molar-refractivity contribution in [1.29, 1.82) is 0 Å². The minimum absolute atomic E-state index is 0.867. The van der Waals surface area contributed by atoms with Crippen molar-refractivity contribution in [2.75, 3.05) is 0 Å². The van der Waals surface area contributed by atoms with Gasteiger partial charge in [0.1, 0.15) is 5.58 Å². The molecule has 3 nitrogen and oxygen atoms in total. The van der Waals surface area contributed by atoms with Crippen molar-refractivity contribution in [3.05, 3.63) is 194 Å². The highest BCUT2D eigenvalue weighted by Gasteiger charge is 2.20. The first-order valence-corrected chi connectivity index (χ1v) is 18.1. The van der Waals surface area contributed by atoms with E-state index >= 15 is 0 Å². The molecule has 3 heterocycles. The second-order valence-corrected chi connectivity index (χ2v) is 13.8. The number of fused-ring (bicyclic) bond motifs is 8. The highest BCUT2D eigenvalue weighted by molar-refractivity contribution is 6.20. The topological polar surface area (TPSA) is 23.0 Å². The second-order valence-electron chi connectivity index (χ2n) is 13.8. The van der Waals surface area contributed by atoms with E-state index in [2.05, 4.69) is 203 Å². The van der Waals surface area contributed by atoms with Crippen LogP contribution in [-0.2, 0) is 0 Å². The first kappa shape index (κ1) is 29.6. The minimum atomic E-state index is 0.867. The maximum Gasteiger partial charge on any atom is 0.213 e. The number of hydrogen-bond donors (Lipinski definition) is 0. The molecule has 0 bridgehead atoms. The summed E-state index contributed by atoms with van der Waals surface area (Å²) in [7, 11) is 0. The van der Waals surface area contributed by atoms with Gasteiger partial charge in [-0.05, 0) is 112 Å². The van der Waals surface area contributed by atoms with Gasteiger partial charge in [0.2, 0.25) is 5.71 Å². The Morgan fingerprint density at radius 1 is 0.302 bits per heavy atom. The summed E-state index contributed by atoms with van der Waals surface area (Å²) < 4.78 is 11.3. The molecule has 11 rings (SSSR count). The fraction of sp³-hybridized carbons (Fsp3) is 0. The number of furan rings is 1. The van der Waals surface area contributed by atoms with Crippen molar-refractivity contribution >= 4 is 54.8 Å². The number of nitrogens with zero attached hydrogens (tertiary/aromatic N) is 2. The molecule has 0 saturated heterocycles. The van der Waals surface area contributed by atoms with Gasteiger partial charge in [0.25, 0.3) is 0 Å². The summed E-state index contributed by atoms with van der Waals surface area (Å²) in [5.41, 5.74) is 14.6. The van der Waals surface area contributed by atoms with Crippen LogP contribution in [-0.4, -0.2) is 9.13 Å². The van der Waals surface area contributed by atoms with Gasteiger partial charge >= 0.3 is 0 Å². The third-order valence-corrected chi connectivity index (χ3v) is 10.7. The quantitative estimate of drug-likeness (QED) is 0.178. The summed E-state index contributed by atoms with van der Waals surface area (Å²) in [5.74, 6) is 0. The molecule has 3 heteroatoms. The van der Waals surface area contributed by atoms with Gasteiger partial charge < -0.3 is 8.98 Å². The van der Waals surface area contributed by atoms with Crippen molar-refractivity contribution in [2.24, 2.45) is 0 Å². The Hall–Kier alpha value is -7.10. The Bertz CT molecular complexity index is 3150. The van der Waals surface area contributed by atoms with E-state index in [9.17, 15) is 0 Å². The molecule has 0 amide bonds. The van der Waals surface area contributed by atoms with Crippen LogP contribution in [0.25, 0.3) is 99.5 Å². The van der Waals surface area contributed by atoms with E-state index in [4.69, 9.17) is 4.42 Å². The van der Waals surface area contributed by atoms with Gasteiger partial charge in [-0.2, -0.15) is 0 Å². The van der Waals surface area contributed by atoms with Crippen molar-refractivity contribution in [3.8, 4) is 44.8 Å². The molecule has 8 aromatic carbocycles. The average Bonchev–Trinajstić information content (AvgIpc) is 3.88. The Morgan fingerprint density at radius 3 is 1.47 bits per heavy atom. The number of hydrogen-bond acceptors (Lipinski definition) is 1. The highest BCUT2D eigenvalue weighted by atomic mass is 16.3. The summed E-state index contributed by atoms with van der Waals surface area (Å²) in [5, 5.41) is 5.93. The molecule has 0 aliphatic heterocycles. The molecule has 3 aromatic heterocycles.